The quantitative estimate of drug-likeness (QED) is 0.742. The van der Waals surface area contributed by atoms with Crippen LogP contribution in [0.15, 0.2) is 24.3 Å². The molecule has 1 unspecified atom stereocenters. The minimum atomic E-state index is -3.14. The Hall–Kier alpha value is -1.44. The first-order chi connectivity index (χ1) is 13.3. The Morgan fingerprint density at radius 2 is 1.82 bits per heavy atom. The van der Waals surface area contributed by atoms with Crippen molar-refractivity contribution in [2.75, 3.05) is 58.6 Å². The van der Waals surface area contributed by atoms with Crippen LogP contribution in [0.4, 0.5) is 0 Å². The number of benzene rings is 1. The number of amides is 1. The predicted octanol–water partition coefficient (Wildman–Crippen LogP) is 0.801. The Bertz CT molecular complexity index is 840. The lowest BCUT2D eigenvalue weighted by Gasteiger charge is -2.51. The van der Waals surface area contributed by atoms with E-state index in [1.165, 1.54) is 0 Å². The van der Waals surface area contributed by atoms with Gasteiger partial charge in [0.1, 0.15) is 4.75 Å². The molecule has 3 saturated heterocycles. The molecule has 4 rings (SSSR count). The third-order valence-electron chi connectivity index (χ3n) is 7.05. The van der Waals surface area contributed by atoms with E-state index in [0.717, 1.165) is 50.3 Å². The van der Waals surface area contributed by atoms with E-state index in [4.69, 9.17) is 0 Å². The Balaban J connectivity index is 1.41. The smallest absolute Gasteiger partial charge is 0.227 e. The third-order valence-corrected chi connectivity index (χ3v) is 9.65. The van der Waals surface area contributed by atoms with Gasteiger partial charge in [0.05, 0.1) is 12.2 Å². The van der Waals surface area contributed by atoms with Crippen molar-refractivity contribution in [1.82, 2.24) is 14.7 Å². The van der Waals surface area contributed by atoms with Crippen molar-refractivity contribution in [1.29, 1.82) is 0 Å². The molecule has 1 atom stereocenters. The Morgan fingerprint density at radius 3 is 2.50 bits per heavy atom. The van der Waals surface area contributed by atoms with Gasteiger partial charge in [0.25, 0.3) is 0 Å². The summed E-state index contributed by atoms with van der Waals surface area (Å²) in [4.78, 5) is 19.2. The van der Waals surface area contributed by atoms with Crippen LogP contribution in [-0.4, -0.2) is 92.4 Å². The van der Waals surface area contributed by atoms with E-state index >= 15 is 0 Å². The highest BCUT2D eigenvalue weighted by molar-refractivity contribution is 7.93. The zero-order chi connectivity index (χ0) is 19.9. The lowest BCUT2D eigenvalue weighted by molar-refractivity contribution is -0.136. The number of likely N-dealkylation sites (tertiary alicyclic amines) is 1. The normalized spacial score (nSPS) is 27.1. The second-order valence-corrected chi connectivity index (χ2v) is 11.3. The minimum Gasteiger partial charge on any atom is -0.339 e. The maximum absolute atomic E-state index is 12.9. The number of sulfone groups is 1. The first-order valence-corrected chi connectivity index (χ1v) is 11.9. The molecule has 1 aromatic rings. The molecule has 154 valence electrons. The molecule has 6 nitrogen and oxygen atoms in total. The number of piperazine rings is 1. The van der Waals surface area contributed by atoms with Crippen LogP contribution in [0.25, 0.3) is 0 Å². The van der Waals surface area contributed by atoms with Crippen molar-refractivity contribution < 1.29 is 13.2 Å². The molecule has 3 aliphatic rings. The highest BCUT2D eigenvalue weighted by atomic mass is 32.2. The second-order valence-electron chi connectivity index (χ2n) is 8.83. The van der Waals surface area contributed by atoms with Gasteiger partial charge in [-0.2, -0.15) is 0 Å². The molecule has 0 aromatic heterocycles. The molecule has 3 heterocycles. The van der Waals surface area contributed by atoms with Gasteiger partial charge in [0.15, 0.2) is 9.84 Å². The zero-order valence-corrected chi connectivity index (χ0v) is 17.7. The largest absolute Gasteiger partial charge is 0.339 e. The van der Waals surface area contributed by atoms with Crippen molar-refractivity contribution in [2.45, 2.75) is 24.5 Å². The van der Waals surface area contributed by atoms with Gasteiger partial charge < -0.3 is 14.7 Å². The third kappa shape index (κ3) is 3.48. The molecule has 3 fully saturated rings. The SMILES string of the molecule is Cc1ccccc1CC(=O)N1CC2(C1)C(CN1CCN(C)CC1)CCS2(=O)=O. The van der Waals surface area contributed by atoms with Crippen LogP contribution in [0.1, 0.15) is 17.5 Å². The number of likely N-dealkylation sites (N-methyl/N-ethyl adjacent to an activating group) is 1. The summed E-state index contributed by atoms with van der Waals surface area (Å²) in [5, 5.41) is 0. The van der Waals surface area contributed by atoms with E-state index in [1.54, 1.807) is 4.90 Å². The molecule has 1 amide bonds. The number of hydrogen-bond donors (Lipinski definition) is 0. The van der Waals surface area contributed by atoms with Crippen LogP contribution >= 0.6 is 0 Å². The first kappa shape index (κ1) is 19.9. The van der Waals surface area contributed by atoms with Crippen molar-refractivity contribution >= 4 is 15.7 Å². The molecule has 0 N–H and O–H groups in total. The van der Waals surface area contributed by atoms with Crippen molar-refractivity contribution in [2.24, 2.45) is 5.92 Å². The Morgan fingerprint density at radius 1 is 1.14 bits per heavy atom. The van der Waals surface area contributed by atoms with Crippen LogP contribution in [-0.2, 0) is 21.1 Å². The van der Waals surface area contributed by atoms with Crippen molar-refractivity contribution in [3.8, 4) is 0 Å². The number of hydrogen-bond acceptors (Lipinski definition) is 5. The van der Waals surface area contributed by atoms with E-state index in [1.807, 2.05) is 31.2 Å². The van der Waals surface area contributed by atoms with Gasteiger partial charge in [-0.05, 0) is 37.4 Å². The van der Waals surface area contributed by atoms with Crippen LogP contribution in [0.2, 0.25) is 0 Å². The molecule has 1 spiro atoms. The minimum absolute atomic E-state index is 0.0420. The number of carbonyl (C=O) groups is 1. The number of carbonyl (C=O) groups excluding carboxylic acids is 1. The van der Waals surface area contributed by atoms with Gasteiger partial charge in [-0.15, -0.1) is 0 Å². The highest BCUT2D eigenvalue weighted by Gasteiger charge is 2.62. The fraction of sp³-hybridized carbons (Fsp3) is 0.667. The van der Waals surface area contributed by atoms with Crippen LogP contribution in [0.3, 0.4) is 0 Å². The molecule has 28 heavy (non-hydrogen) atoms. The summed E-state index contributed by atoms with van der Waals surface area (Å²) in [6, 6.07) is 7.90. The van der Waals surface area contributed by atoms with Crippen molar-refractivity contribution in [3.63, 3.8) is 0 Å². The maximum Gasteiger partial charge on any atom is 0.227 e. The average Bonchev–Trinajstić information content (AvgIpc) is 2.88. The summed E-state index contributed by atoms with van der Waals surface area (Å²) in [6.45, 7) is 7.66. The van der Waals surface area contributed by atoms with Gasteiger partial charge in [-0.25, -0.2) is 8.42 Å². The lowest BCUT2D eigenvalue weighted by Crippen LogP contribution is -2.69. The highest BCUT2D eigenvalue weighted by Crippen LogP contribution is 2.45. The molecular formula is C21H31N3O3S. The van der Waals surface area contributed by atoms with E-state index in [9.17, 15) is 13.2 Å². The summed E-state index contributed by atoms with van der Waals surface area (Å²) < 4.78 is 25.1. The van der Waals surface area contributed by atoms with E-state index < -0.39 is 14.6 Å². The summed E-state index contributed by atoms with van der Waals surface area (Å²) >= 11 is 0. The fourth-order valence-corrected chi connectivity index (χ4v) is 7.34. The molecule has 0 bridgehead atoms. The standard InChI is InChI=1S/C21H31N3O3S/c1-17-5-3-4-6-18(17)13-20(25)24-15-21(16-24)19(7-12-28(21,26)27)14-23-10-8-22(2)9-11-23/h3-6,19H,7-16H2,1-2H3. The second kappa shape index (κ2) is 7.43. The van der Waals surface area contributed by atoms with E-state index in [2.05, 4.69) is 16.8 Å². The van der Waals surface area contributed by atoms with Crippen LogP contribution < -0.4 is 0 Å². The van der Waals surface area contributed by atoms with Crippen LogP contribution in [0, 0.1) is 12.8 Å². The Kier molecular flexibility index (Phi) is 5.27. The molecule has 0 radical (unpaired) electrons. The van der Waals surface area contributed by atoms with E-state index in [-0.39, 0.29) is 17.6 Å². The lowest BCUT2D eigenvalue weighted by atomic mass is 9.82. The van der Waals surface area contributed by atoms with Crippen molar-refractivity contribution in [3.05, 3.63) is 35.4 Å². The Labute approximate surface area is 168 Å². The molecule has 0 saturated carbocycles. The topological polar surface area (TPSA) is 60.9 Å². The zero-order valence-electron chi connectivity index (χ0n) is 16.9. The average molecular weight is 406 g/mol. The molecule has 3 aliphatic heterocycles. The monoisotopic (exact) mass is 405 g/mol. The summed E-state index contributed by atoms with van der Waals surface area (Å²) in [5.41, 5.74) is 2.13. The van der Waals surface area contributed by atoms with Gasteiger partial charge in [0.2, 0.25) is 5.91 Å². The molecule has 7 heteroatoms. The molecule has 0 aliphatic carbocycles. The van der Waals surface area contributed by atoms with Gasteiger partial charge >= 0.3 is 0 Å². The van der Waals surface area contributed by atoms with E-state index in [0.29, 0.717) is 19.5 Å². The summed E-state index contributed by atoms with van der Waals surface area (Å²) in [7, 11) is -1.01. The summed E-state index contributed by atoms with van der Waals surface area (Å²) in [5.74, 6) is 0.453. The molecular weight excluding hydrogens is 374 g/mol. The molecule has 1 aromatic carbocycles. The van der Waals surface area contributed by atoms with Crippen LogP contribution in [0.5, 0.6) is 0 Å². The summed E-state index contributed by atoms with van der Waals surface area (Å²) in [6.07, 6.45) is 1.08. The fourth-order valence-electron chi connectivity index (χ4n) is 4.93. The number of rotatable bonds is 4. The first-order valence-electron chi connectivity index (χ1n) is 10.3. The van der Waals surface area contributed by atoms with Gasteiger partial charge in [-0.3, -0.25) is 4.79 Å². The number of aryl methyl sites for hydroxylation is 1. The van der Waals surface area contributed by atoms with Gasteiger partial charge in [-0.1, -0.05) is 24.3 Å². The maximum atomic E-state index is 12.9. The predicted molar refractivity (Wildman–Crippen MR) is 110 cm³/mol. The number of nitrogens with zero attached hydrogens (tertiary/aromatic N) is 3. The van der Waals surface area contributed by atoms with Gasteiger partial charge in [0, 0.05) is 45.8 Å².